The van der Waals surface area contributed by atoms with Gasteiger partial charge in [-0.25, -0.2) is 17.9 Å². The van der Waals surface area contributed by atoms with Gasteiger partial charge in [0.15, 0.2) is 0 Å². The zero-order valence-corrected chi connectivity index (χ0v) is 16.7. The first-order valence-electron chi connectivity index (χ1n) is 8.68. The number of nitrogens with one attached hydrogen (secondary N) is 3. The SMILES string of the molecule is O=C(NCCCc1cccc(Br)c1)NCCS(=O)(=O)NCC1CCC1. The van der Waals surface area contributed by atoms with E-state index in [1.54, 1.807) is 0 Å². The third-order valence-corrected chi connectivity index (χ3v) is 6.13. The standard InChI is InChI=1S/C17H26BrN3O3S/c18-16-8-2-4-14(12-16)7-3-9-19-17(22)20-10-11-25(23,24)21-13-15-5-1-6-15/h2,4,8,12,15,21H,1,3,5-7,9-11,13H2,(H2,19,20,22). The highest BCUT2D eigenvalue weighted by Crippen LogP contribution is 2.25. The number of benzene rings is 1. The van der Waals surface area contributed by atoms with Crippen LogP contribution in [0.25, 0.3) is 0 Å². The fourth-order valence-corrected chi connectivity index (χ4v) is 4.01. The molecule has 0 aliphatic heterocycles. The quantitative estimate of drug-likeness (QED) is 0.497. The van der Waals surface area contributed by atoms with E-state index in [4.69, 9.17) is 0 Å². The molecule has 140 valence electrons. The summed E-state index contributed by atoms with van der Waals surface area (Å²) in [5.74, 6) is 0.391. The van der Waals surface area contributed by atoms with E-state index >= 15 is 0 Å². The summed E-state index contributed by atoms with van der Waals surface area (Å²) in [4.78, 5) is 11.7. The van der Waals surface area contributed by atoms with Crippen LogP contribution in [0.2, 0.25) is 0 Å². The molecule has 1 fully saturated rings. The van der Waals surface area contributed by atoms with Crippen molar-refractivity contribution in [1.82, 2.24) is 15.4 Å². The molecule has 0 spiro atoms. The number of rotatable bonds is 10. The predicted molar refractivity (Wildman–Crippen MR) is 103 cm³/mol. The highest BCUT2D eigenvalue weighted by Gasteiger charge is 2.20. The lowest BCUT2D eigenvalue weighted by molar-refractivity contribution is 0.241. The van der Waals surface area contributed by atoms with Gasteiger partial charge in [-0.1, -0.05) is 34.5 Å². The minimum Gasteiger partial charge on any atom is -0.338 e. The number of aryl methyl sites for hydroxylation is 1. The van der Waals surface area contributed by atoms with Gasteiger partial charge in [-0.05, 0) is 49.3 Å². The highest BCUT2D eigenvalue weighted by atomic mass is 79.9. The molecule has 0 saturated heterocycles. The maximum absolute atomic E-state index is 11.8. The zero-order valence-electron chi connectivity index (χ0n) is 14.3. The van der Waals surface area contributed by atoms with E-state index in [2.05, 4.69) is 37.4 Å². The van der Waals surface area contributed by atoms with E-state index in [1.165, 1.54) is 12.0 Å². The van der Waals surface area contributed by atoms with Gasteiger partial charge >= 0.3 is 6.03 Å². The molecule has 2 amide bonds. The average molecular weight is 432 g/mol. The average Bonchev–Trinajstić information content (AvgIpc) is 2.50. The molecule has 8 heteroatoms. The molecule has 3 N–H and O–H groups in total. The summed E-state index contributed by atoms with van der Waals surface area (Å²) < 4.78 is 27.3. The van der Waals surface area contributed by atoms with E-state index in [1.807, 2.05) is 18.2 Å². The van der Waals surface area contributed by atoms with Gasteiger partial charge in [0.25, 0.3) is 0 Å². The topological polar surface area (TPSA) is 87.3 Å². The Morgan fingerprint density at radius 3 is 2.64 bits per heavy atom. The number of hydrogen-bond donors (Lipinski definition) is 3. The van der Waals surface area contributed by atoms with Crippen LogP contribution in [-0.2, 0) is 16.4 Å². The molecule has 0 unspecified atom stereocenters. The summed E-state index contributed by atoms with van der Waals surface area (Å²) >= 11 is 3.43. The summed E-state index contributed by atoms with van der Waals surface area (Å²) in [6, 6.07) is 7.74. The van der Waals surface area contributed by atoms with Crippen molar-refractivity contribution < 1.29 is 13.2 Å². The second-order valence-corrected chi connectivity index (χ2v) is 9.22. The lowest BCUT2D eigenvalue weighted by atomic mass is 9.86. The Bertz CT molecular complexity index is 663. The van der Waals surface area contributed by atoms with Crippen molar-refractivity contribution in [1.29, 1.82) is 0 Å². The molecule has 0 radical (unpaired) electrons. The largest absolute Gasteiger partial charge is 0.338 e. The second-order valence-electron chi connectivity index (χ2n) is 6.38. The van der Waals surface area contributed by atoms with Gasteiger partial charge in [0.2, 0.25) is 10.0 Å². The van der Waals surface area contributed by atoms with Gasteiger partial charge in [0.1, 0.15) is 0 Å². The van der Waals surface area contributed by atoms with Crippen LogP contribution in [0.15, 0.2) is 28.7 Å². The molecule has 0 aromatic heterocycles. The Kier molecular flexibility index (Phi) is 8.18. The number of amides is 2. The maximum atomic E-state index is 11.8. The highest BCUT2D eigenvalue weighted by molar-refractivity contribution is 9.10. The molecule has 1 saturated carbocycles. The van der Waals surface area contributed by atoms with E-state index < -0.39 is 10.0 Å². The van der Waals surface area contributed by atoms with E-state index in [-0.39, 0.29) is 18.3 Å². The zero-order chi connectivity index (χ0) is 18.1. The van der Waals surface area contributed by atoms with Crippen molar-refractivity contribution in [2.45, 2.75) is 32.1 Å². The van der Waals surface area contributed by atoms with Gasteiger partial charge in [0, 0.05) is 24.1 Å². The molecule has 1 aliphatic carbocycles. The predicted octanol–water partition coefficient (Wildman–Crippen LogP) is 2.40. The molecule has 0 heterocycles. The minimum atomic E-state index is -3.31. The number of halogens is 1. The van der Waals surface area contributed by atoms with Crippen LogP contribution in [0, 0.1) is 5.92 Å². The normalized spacial score (nSPS) is 14.8. The Balaban J connectivity index is 1.52. The van der Waals surface area contributed by atoms with Gasteiger partial charge in [-0.2, -0.15) is 0 Å². The first-order valence-corrected chi connectivity index (χ1v) is 11.1. The number of urea groups is 1. The van der Waals surface area contributed by atoms with Gasteiger partial charge < -0.3 is 10.6 Å². The van der Waals surface area contributed by atoms with Crippen LogP contribution in [0.1, 0.15) is 31.2 Å². The first kappa shape index (κ1) is 20.2. The summed E-state index contributed by atoms with van der Waals surface area (Å²) in [7, 11) is -3.31. The van der Waals surface area contributed by atoms with Crippen molar-refractivity contribution in [2.75, 3.05) is 25.4 Å². The van der Waals surface area contributed by atoms with Gasteiger partial charge in [-0.15, -0.1) is 0 Å². The molecule has 1 aliphatic rings. The fraction of sp³-hybridized carbons (Fsp3) is 0.588. The van der Waals surface area contributed by atoms with E-state index in [0.29, 0.717) is 19.0 Å². The fourth-order valence-electron chi connectivity index (χ4n) is 2.56. The van der Waals surface area contributed by atoms with Crippen molar-refractivity contribution >= 4 is 32.0 Å². The smallest absolute Gasteiger partial charge is 0.314 e. The van der Waals surface area contributed by atoms with Crippen LogP contribution in [0.3, 0.4) is 0 Å². The van der Waals surface area contributed by atoms with E-state index in [9.17, 15) is 13.2 Å². The molecular formula is C17H26BrN3O3S. The molecule has 0 atom stereocenters. The van der Waals surface area contributed by atoms with Crippen LogP contribution in [0.5, 0.6) is 0 Å². The van der Waals surface area contributed by atoms with Crippen LogP contribution >= 0.6 is 15.9 Å². The van der Waals surface area contributed by atoms with Crippen molar-refractivity contribution in [3.05, 3.63) is 34.3 Å². The van der Waals surface area contributed by atoms with Crippen molar-refractivity contribution in [3.63, 3.8) is 0 Å². The number of carbonyl (C=O) groups excluding carboxylic acids is 1. The Morgan fingerprint density at radius 1 is 1.20 bits per heavy atom. The van der Waals surface area contributed by atoms with Crippen molar-refractivity contribution in [2.24, 2.45) is 5.92 Å². The Morgan fingerprint density at radius 2 is 1.96 bits per heavy atom. The van der Waals surface area contributed by atoms with Gasteiger partial charge in [0.05, 0.1) is 5.75 Å². The van der Waals surface area contributed by atoms with Crippen LogP contribution in [0.4, 0.5) is 4.79 Å². The molecule has 6 nitrogen and oxygen atoms in total. The van der Waals surface area contributed by atoms with E-state index in [0.717, 1.165) is 30.2 Å². The number of hydrogen-bond acceptors (Lipinski definition) is 3. The number of carbonyl (C=O) groups is 1. The third kappa shape index (κ3) is 8.20. The summed E-state index contributed by atoms with van der Waals surface area (Å²) in [6.07, 6.45) is 5.09. The lowest BCUT2D eigenvalue weighted by Crippen LogP contribution is -2.41. The molecule has 2 rings (SSSR count). The Labute approximate surface area is 158 Å². The summed E-state index contributed by atoms with van der Waals surface area (Å²) in [5, 5.41) is 5.33. The summed E-state index contributed by atoms with van der Waals surface area (Å²) in [6.45, 7) is 1.17. The van der Waals surface area contributed by atoms with Crippen LogP contribution < -0.4 is 15.4 Å². The monoisotopic (exact) mass is 431 g/mol. The Hall–Kier alpha value is -1.12. The third-order valence-electron chi connectivity index (χ3n) is 4.29. The molecule has 1 aromatic carbocycles. The second kappa shape index (κ2) is 10.1. The van der Waals surface area contributed by atoms with Crippen LogP contribution in [-0.4, -0.2) is 39.8 Å². The van der Waals surface area contributed by atoms with Crippen molar-refractivity contribution in [3.8, 4) is 0 Å². The van der Waals surface area contributed by atoms with Gasteiger partial charge in [-0.3, -0.25) is 0 Å². The molecule has 1 aromatic rings. The first-order chi connectivity index (χ1) is 11.9. The maximum Gasteiger partial charge on any atom is 0.314 e. The minimum absolute atomic E-state index is 0.0921. The molecule has 0 bridgehead atoms. The molecular weight excluding hydrogens is 406 g/mol. The number of sulfonamides is 1. The summed E-state index contributed by atoms with van der Waals surface area (Å²) in [5.41, 5.74) is 1.21. The lowest BCUT2D eigenvalue weighted by Gasteiger charge is -2.25. The molecule has 25 heavy (non-hydrogen) atoms.